The smallest absolute Gasteiger partial charge is 0.431 e. The van der Waals surface area contributed by atoms with E-state index in [1.165, 1.54) is 18.2 Å². The number of benzene rings is 2. The molecule has 0 fully saturated rings. The molecule has 1 amide bonds. The minimum absolute atomic E-state index is 0.229. The molecule has 0 saturated carbocycles. The van der Waals surface area contributed by atoms with Crippen LogP contribution in [0.4, 0.5) is 18.9 Å². The minimum Gasteiger partial charge on any atom is -0.494 e. The summed E-state index contributed by atoms with van der Waals surface area (Å²) in [7, 11) is 0. The van der Waals surface area contributed by atoms with E-state index in [0.29, 0.717) is 34.7 Å². The van der Waals surface area contributed by atoms with Crippen molar-refractivity contribution < 1.29 is 27.4 Å². The Balaban J connectivity index is 1.60. The van der Waals surface area contributed by atoms with E-state index in [2.05, 4.69) is 10.3 Å². The maximum atomic E-state index is 12.7. The fraction of sp³-hybridized carbons (Fsp3) is 0.211. The molecule has 0 atom stereocenters. The largest absolute Gasteiger partial charge is 0.494 e. The number of fused-ring (bicyclic) bond motifs is 1. The molecule has 2 N–H and O–H groups in total. The molecular formula is C19H17F3N2O3. The summed E-state index contributed by atoms with van der Waals surface area (Å²) in [6.07, 6.45) is -4.45. The van der Waals surface area contributed by atoms with Crippen LogP contribution in [-0.2, 0) is 11.0 Å². The Hall–Kier alpha value is -3.16. The van der Waals surface area contributed by atoms with Gasteiger partial charge in [-0.2, -0.15) is 13.2 Å². The summed E-state index contributed by atoms with van der Waals surface area (Å²) in [6, 6.07) is 12.3. The Bertz CT molecular complexity index is 934. The molecule has 1 heterocycles. The Morgan fingerprint density at radius 2 is 1.70 bits per heavy atom. The predicted octanol–water partition coefficient (Wildman–Crippen LogP) is 4.60. The quantitative estimate of drug-likeness (QED) is 0.659. The lowest BCUT2D eigenvalue weighted by Crippen LogP contribution is -2.20. The third-order valence-corrected chi connectivity index (χ3v) is 3.71. The Morgan fingerprint density at radius 1 is 1.04 bits per heavy atom. The summed E-state index contributed by atoms with van der Waals surface area (Å²) in [4.78, 5) is 14.3. The maximum Gasteiger partial charge on any atom is 0.431 e. The van der Waals surface area contributed by atoms with Gasteiger partial charge in [-0.25, -0.2) is 0 Å². The first-order chi connectivity index (χ1) is 12.8. The van der Waals surface area contributed by atoms with Crippen LogP contribution in [0, 0.1) is 0 Å². The maximum absolute atomic E-state index is 12.7. The van der Waals surface area contributed by atoms with E-state index in [1.54, 1.807) is 24.3 Å². The summed E-state index contributed by atoms with van der Waals surface area (Å²) in [5, 5.41) is 2.95. The number of halogens is 3. The van der Waals surface area contributed by atoms with Gasteiger partial charge in [-0.3, -0.25) is 4.79 Å². The summed E-state index contributed by atoms with van der Waals surface area (Å²) in [5.74, 6) is 0.784. The van der Waals surface area contributed by atoms with Gasteiger partial charge in [-0.15, -0.1) is 0 Å². The normalized spacial score (nSPS) is 11.4. The molecule has 0 unspecified atom stereocenters. The number of ether oxygens (including phenoxy) is 2. The van der Waals surface area contributed by atoms with Crippen LogP contribution in [0.2, 0.25) is 0 Å². The standard InChI is InChI=1S/C19H17F3N2O3/c1-2-26-14-4-6-15(7-5-14)27-11-18(25)23-13-3-8-16-12(9-13)10-17(24-16)19(20,21)22/h3-10,24H,2,11H2,1H3,(H,23,25). The van der Waals surface area contributed by atoms with Gasteiger partial charge in [-0.05, 0) is 55.5 Å². The number of aromatic nitrogens is 1. The number of H-pyrrole nitrogens is 1. The summed E-state index contributed by atoms with van der Waals surface area (Å²) in [5.41, 5.74) is -0.110. The first-order valence-corrected chi connectivity index (χ1v) is 8.20. The van der Waals surface area contributed by atoms with Gasteiger partial charge in [0.2, 0.25) is 0 Å². The third-order valence-electron chi connectivity index (χ3n) is 3.71. The Morgan fingerprint density at radius 3 is 2.33 bits per heavy atom. The van der Waals surface area contributed by atoms with Gasteiger partial charge in [0.1, 0.15) is 17.2 Å². The van der Waals surface area contributed by atoms with E-state index < -0.39 is 17.8 Å². The number of rotatable bonds is 6. The first kappa shape index (κ1) is 18.6. The number of aromatic amines is 1. The Labute approximate surface area is 153 Å². The van der Waals surface area contributed by atoms with E-state index >= 15 is 0 Å². The van der Waals surface area contributed by atoms with E-state index in [0.717, 1.165) is 6.07 Å². The Kier molecular flexibility index (Phi) is 5.25. The molecule has 27 heavy (non-hydrogen) atoms. The van der Waals surface area contributed by atoms with E-state index in [9.17, 15) is 18.0 Å². The number of anilines is 1. The van der Waals surface area contributed by atoms with Crippen molar-refractivity contribution in [3.05, 3.63) is 54.2 Å². The second-order valence-corrected chi connectivity index (χ2v) is 5.72. The predicted molar refractivity (Wildman–Crippen MR) is 95.0 cm³/mol. The highest BCUT2D eigenvalue weighted by molar-refractivity contribution is 5.94. The number of carbonyl (C=O) groups is 1. The average molecular weight is 378 g/mol. The van der Waals surface area contributed by atoms with Crippen LogP contribution in [0.1, 0.15) is 12.6 Å². The molecule has 0 aliphatic rings. The third kappa shape index (κ3) is 4.72. The zero-order valence-corrected chi connectivity index (χ0v) is 14.4. The summed E-state index contributed by atoms with van der Waals surface area (Å²) < 4.78 is 48.9. The molecule has 1 aromatic heterocycles. The average Bonchev–Trinajstić information content (AvgIpc) is 3.05. The highest BCUT2D eigenvalue weighted by Gasteiger charge is 2.32. The van der Waals surface area contributed by atoms with Crippen LogP contribution in [0.3, 0.4) is 0 Å². The molecule has 0 bridgehead atoms. The van der Waals surface area contributed by atoms with Gasteiger partial charge in [0, 0.05) is 16.6 Å². The molecule has 2 aromatic carbocycles. The lowest BCUT2D eigenvalue weighted by molar-refractivity contribution is -0.140. The minimum atomic E-state index is -4.45. The zero-order chi connectivity index (χ0) is 19.4. The van der Waals surface area contributed by atoms with Gasteiger partial charge < -0.3 is 19.8 Å². The van der Waals surface area contributed by atoms with Crippen molar-refractivity contribution in [3.63, 3.8) is 0 Å². The molecule has 5 nitrogen and oxygen atoms in total. The SMILES string of the molecule is CCOc1ccc(OCC(=O)Nc2ccc3[nH]c(C(F)(F)F)cc3c2)cc1. The van der Waals surface area contributed by atoms with Crippen molar-refractivity contribution >= 4 is 22.5 Å². The van der Waals surface area contributed by atoms with Crippen molar-refractivity contribution in [1.82, 2.24) is 4.98 Å². The van der Waals surface area contributed by atoms with Crippen molar-refractivity contribution in [2.75, 3.05) is 18.5 Å². The van der Waals surface area contributed by atoms with Crippen LogP contribution in [0.5, 0.6) is 11.5 Å². The molecule has 0 aliphatic carbocycles. The molecule has 3 aromatic rings. The first-order valence-electron chi connectivity index (χ1n) is 8.20. The van der Waals surface area contributed by atoms with Gasteiger partial charge in [0.15, 0.2) is 6.61 Å². The lowest BCUT2D eigenvalue weighted by Gasteiger charge is -2.08. The van der Waals surface area contributed by atoms with E-state index in [4.69, 9.17) is 9.47 Å². The van der Waals surface area contributed by atoms with Crippen LogP contribution < -0.4 is 14.8 Å². The number of alkyl halides is 3. The highest BCUT2D eigenvalue weighted by Crippen LogP contribution is 2.31. The molecule has 3 rings (SSSR count). The fourth-order valence-corrected chi connectivity index (χ4v) is 2.51. The second-order valence-electron chi connectivity index (χ2n) is 5.72. The number of hydrogen-bond acceptors (Lipinski definition) is 3. The van der Waals surface area contributed by atoms with Gasteiger partial charge in [0.25, 0.3) is 5.91 Å². The molecule has 0 aliphatic heterocycles. The summed E-state index contributed by atoms with van der Waals surface area (Å²) in [6.45, 7) is 2.20. The summed E-state index contributed by atoms with van der Waals surface area (Å²) >= 11 is 0. The van der Waals surface area contributed by atoms with Crippen molar-refractivity contribution in [2.24, 2.45) is 0 Å². The number of nitrogens with one attached hydrogen (secondary N) is 2. The zero-order valence-electron chi connectivity index (χ0n) is 14.4. The van der Waals surface area contributed by atoms with Gasteiger partial charge in [-0.1, -0.05) is 0 Å². The lowest BCUT2D eigenvalue weighted by atomic mass is 10.2. The van der Waals surface area contributed by atoms with Crippen LogP contribution in [-0.4, -0.2) is 24.1 Å². The molecule has 8 heteroatoms. The highest BCUT2D eigenvalue weighted by atomic mass is 19.4. The number of hydrogen-bond donors (Lipinski definition) is 2. The van der Waals surface area contributed by atoms with Crippen LogP contribution >= 0.6 is 0 Å². The van der Waals surface area contributed by atoms with E-state index in [1.807, 2.05) is 6.92 Å². The number of amides is 1. The molecule has 142 valence electrons. The van der Waals surface area contributed by atoms with Crippen LogP contribution in [0.25, 0.3) is 10.9 Å². The second kappa shape index (κ2) is 7.61. The molecular weight excluding hydrogens is 361 g/mol. The fourth-order valence-electron chi connectivity index (χ4n) is 2.51. The van der Waals surface area contributed by atoms with Gasteiger partial charge in [0.05, 0.1) is 6.61 Å². The molecule has 0 radical (unpaired) electrons. The van der Waals surface area contributed by atoms with Crippen molar-refractivity contribution in [1.29, 1.82) is 0 Å². The van der Waals surface area contributed by atoms with Gasteiger partial charge >= 0.3 is 6.18 Å². The van der Waals surface area contributed by atoms with Crippen molar-refractivity contribution in [2.45, 2.75) is 13.1 Å². The molecule has 0 spiro atoms. The van der Waals surface area contributed by atoms with E-state index in [-0.39, 0.29) is 6.61 Å². The topological polar surface area (TPSA) is 63.4 Å². The van der Waals surface area contributed by atoms with Crippen LogP contribution in [0.15, 0.2) is 48.5 Å². The number of carbonyl (C=O) groups excluding carboxylic acids is 1. The molecule has 0 saturated heterocycles. The van der Waals surface area contributed by atoms with Crippen molar-refractivity contribution in [3.8, 4) is 11.5 Å². The monoisotopic (exact) mass is 378 g/mol.